The summed E-state index contributed by atoms with van der Waals surface area (Å²) < 4.78 is 11.2. The third kappa shape index (κ3) is 4.72. The van der Waals surface area contributed by atoms with Crippen molar-refractivity contribution in [1.82, 2.24) is 5.32 Å². The van der Waals surface area contributed by atoms with Gasteiger partial charge in [-0.15, -0.1) is 0 Å². The molecular formula is C25H19ClN2O6. The quantitative estimate of drug-likeness (QED) is 0.404. The first-order chi connectivity index (χ1) is 16.4. The maximum absolute atomic E-state index is 13.0. The summed E-state index contributed by atoms with van der Waals surface area (Å²) in [6.45, 7) is 0.223. The molecule has 0 saturated carbocycles. The number of phenols is 1. The summed E-state index contributed by atoms with van der Waals surface area (Å²) in [6.07, 6.45) is 1.36. The van der Waals surface area contributed by atoms with Crippen molar-refractivity contribution in [2.75, 3.05) is 12.0 Å². The molecule has 4 amide bonds. The number of rotatable bonds is 6. The van der Waals surface area contributed by atoms with Gasteiger partial charge in [0.05, 0.1) is 12.8 Å². The zero-order chi connectivity index (χ0) is 24.2. The molecule has 1 saturated heterocycles. The first kappa shape index (κ1) is 22.9. The first-order valence-electron chi connectivity index (χ1n) is 10.1. The summed E-state index contributed by atoms with van der Waals surface area (Å²) in [5, 5.41) is 12.2. The Balaban J connectivity index is 1.60. The number of carbonyl (C=O) groups excluding carboxylic acids is 3. The van der Waals surface area contributed by atoms with Crippen molar-refractivity contribution in [3.63, 3.8) is 0 Å². The van der Waals surface area contributed by atoms with E-state index < -0.39 is 17.8 Å². The molecule has 172 valence electrons. The number of carbonyl (C=O) groups is 3. The number of aromatic hydroxyl groups is 1. The molecular weight excluding hydrogens is 460 g/mol. The molecule has 0 bridgehead atoms. The number of phenolic OH excluding ortho intramolecular Hbond substituents is 1. The number of hydrogen-bond donors (Lipinski definition) is 2. The second-order valence-corrected chi connectivity index (χ2v) is 7.67. The van der Waals surface area contributed by atoms with Crippen molar-refractivity contribution in [3.8, 4) is 17.2 Å². The minimum atomic E-state index is -0.876. The van der Waals surface area contributed by atoms with E-state index in [-0.39, 0.29) is 23.6 Å². The molecule has 0 unspecified atom stereocenters. The van der Waals surface area contributed by atoms with E-state index in [1.807, 2.05) is 18.2 Å². The van der Waals surface area contributed by atoms with Crippen molar-refractivity contribution in [3.05, 3.63) is 88.5 Å². The molecule has 8 nitrogen and oxygen atoms in total. The molecule has 4 rings (SSSR count). The van der Waals surface area contributed by atoms with Gasteiger partial charge in [0.25, 0.3) is 11.8 Å². The number of anilines is 1. The van der Waals surface area contributed by atoms with Crippen LogP contribution < -0.4 is 19.7 Å². The molecule has 0 aromatic heterocycles. The first-order valence-corrected chi connectivity index (χ1v) is 10.5. The van der Waals surface area contributed by atoms with Gasteiger partial charge in [-0.05, 0) is 54.1 Å². The lowest BCUT2D eigenvalue weighted by Gasteiger charge is -2.26. The number of methoxy groups -OCH3 is 1. The molecule has 1 heterocycles. The molecule has 1 aliphatic heterocycles. The van der Waals surface area contributed by atoms with E-state index in [1.165, 1.54) is 37.5 Å². The number of imide groups is 2. The Hall–Kier alpha value is -4.30. The number of amides is 4. The highest BCUT2D eigenvalue weighted by Crippen LogP contribution is 2.31. The largest absolute Gasteiger partial charge is 0.508 e. The van der Waals surface area contributed by atoms with Crippen LogP contribution in [0, 0.1) is 0 Å². The van der Waals surface area contributed by atoms with Crippen molar-refractivity contribution in [2.24, 2.45) is 0 Å². The molecule has 0 atom stereocenters. The molecule has 3 aromatic rings. The third-order valence-electron chi connectivity index (χ3n) is 5.05. The van der Waals surface area contributed by atoms with Crippen molar-refractivity contribution in [2.45, 2.75) is 6.61 Å². The average molecular weight is 479 g/mol. The van der Waals surface area contributed by atoms with Gasteiger partial charge in [-0.25, -0.2) is 9.69 Å². The van der Waals surface area contributed by atoms with Crippen LogP contribution >= 0.6 is 11.6 Å². The summed E-state index contributed by atoms with van der Waals surface area (Å²) in [7, 11) is 1.47. The lowest BCUT2D eigenvalue weighted by atomic mass is 10.1. The van der Waals surface area contributed by atoms with E-state index in [4.69, 9.17) is 21.1 Å². The van der Waals surface area contributed by atoms with Gasteiger partial charge in [0.2, 0.25) is 0 Å². The van der Waals surface area contributed by atoms with E-state index in [2.05, 4.69) is 5.32 Å². The van der Waals surface area contributed by atoms with Crippen LogP contribution in [-0.4, -0.2) is 30.1 Å². The van der Waals surface area contributed by atoms with Crippen LogP contribution in [0.4, 0.5) is 10.5 Å². The molecule has 3 aromatic carbocycles. The minimum Gasteiger partial charge on any atom is -0.508 e. The molecule has 0 radical (unpaired) electrons. The van der Waals surface area contributed by atoms with Crippen LogP contribution in [0.2, 0.25) is 5.02 Å². The fourth-order valence-corrected chi connectivity index (χ4v) is 3.51. The van der Waals surface area contributed by atoms with Gasteiger partial charge in [0.15, 0.2) is 11.5 Å². The monoisotopic (exact) mass is 478 g/mol. The predicted molar refractivity (Wildman–Crippen MR) is 126 cm³/mol. The lowest BCUT2D eigenvalue weighted by molar-refractivity contribution is -0.122. The molecule has 0 spiro atoms. The Bertz CT molecular complexity index is 1300. The number of nitrogens with zero attached hydrogens (tertiary/aromatic N) is 1. The maximum Gasteiger partial charge on any atom is 0.335 e. The standard InChI is InChI=1S/C25H19ClN2O6/c1-33-22-13-15(6-11-21(22)34-14-16-4-2-3-5-20(16)26)12-19-23(30)27-25(32)28(24(19)31)17-7-9-18(29)10-8-17/h2-13,29H,14H2,1H3,(H,27,30,32)/b19-12-. The number of benzene rings is 3. The molecule has 34 heavy (non-hydrogen) atoms. The predicted octanol–water partition coefficient (Wildman–Crippen LogP) is 4.30. The molecule has 9 heteroatoms. The fraction of sp³-hybridized carbons (Fsp3) is 0.0800. The Morgan fingerprint density at radius 3 is 2.44 bits per heavy atom. The Morgan fingerprint density at radius 2 is 1.74 bits per heavy atom. The molecule has 1 fully saturated rings. The van der Waals surface area contributed by atoms with Gasteiger partial charge in [-0.3, -0.25) is 14.9 Å². The number of barbiturate groups is 1. The maximum atomic E-state index is 13.0. The average Bonchev–Trinajstić information content (AvgIpc) is 2.82. The molecule has 1 aliphatic rings. The second-order valence-electron chi connectivity index (χ2n) is 7.26. The highest BCUT2D eigenvalue weighted by Gasteiger charge is 2.36. The fourth-order valence-electron chi connectivity index (χ4n) is 3.32. The smallest absolute Gasteiger partial charge is 0.335 e. The molecule has 2 N–H and O–H groups in total. The minimum absolute atomic E-state index is 0.0237. The summed E-state index contributed by atoms with van der Waals surface area (Å²) in [5.41, 5.74) is 1.26. The second kappa shape index (κ2) is 9.68. The van der Waals surface area contributed by atoms with Crippen LogP contribution in [0.15, 0.2) is 72.3 Å². The van der Waals surface area contributed by atoms with Crippen LogP contribution in [-0.2, 0) is 16.2 Å². The zero-order valence-corrected chi connectivity index (χ0v) is 18.7. The zero-order valence-electron chi connectivity index (χ0n) is 17.9. The number of halogens is 1. The SMILES string of the molecule is COc1cc(/C=C2/C(=O)NC(=O)N(c3ccc(O)cc3)C2=O)ccc1OCc1ccccc1Cl. The van der Waals surface area contributed by atoms with Crippen LogP contribution in [0.25, 0.3) is 6.08 Å². The number of nitrogens with one attached hydrogen (secondary N) is 1. The van der Waals surface area contributed by atoms with E-state index in [0.717, 1.165) is 10.5 Å². The normalized spacial score (nSPS) is 14.8. The van der Waals surface area contributed by atoms with Crippen molar-refractivity contribution in [1.29, 1.82) is 0 Å². The van der Waals surface area contributed by atoms with Crippen LogP contribution in [0.3, 0.4) is 0 Å². The Kier molecular flexibility index (Phi) is 6.51. The van der Waals surface area contributed by atoms with E-state index >= 15 is 0 Å². The lowest BCUT2D eigenvalue weighted by Crippen LogP contribution is -2.54. The third-order valence-corrected chi connectivity index (χ3v) is 5.42. The van der Waals surface area contributed by atoms with E-state index in [9.17, 15) is 19.5 Å². The number of ether oxygens (including phenoxy) is 2. The summed E-state index contributed by atoms with van der Waals surface area (Å²) in [6, 6.07) is 16.8. The Morgan fingerprint density at radius 1 is 1.00 bits per heavy atom. The Labute approximate surface area is 200 Å². The van der Waals surface area contributed by atoms with Gasteiger partial charge < -0.3 is 14.6 Å². The summed E-state index contributed by atoms with van der Waals surface area (Å²) in [5.74, 6) is -0.800. The highest BCUT2D eigenvalue weighted by atomic mass is 35.5. The number of hydrogen-bond acceptors (Lipinski definition) is 6. The van der Waals surface area contributed by atoms with Crippen molar-refractivity contribution < 1.29 is 29.0 Å². The van der Waals surface area contributed by atoms with Gasteiger partial charge in [-0.2, -0.15) is 0 Å². The van der Waals surface area contributed by atoms with E-state index in [1.54, 1.807) is 24.3 Å². The van der Waals surface area contributed by atoms with E-state index in [0.29, 0.717) is 22.1 Å². The van der Waals surface area contributed by atoms with Gasteiger partial charge in [-0.1, -0.05) is 35.9 Å². The summed E-state index contributed by atoms with van der Waals surface area (Å²) >= 11 is 6.17. The van der Waals surface area contributed by atoms with Crippen LogP contribution in [0.1, 0.15) is 11.1 Å². The number of urea groups is 1. The topological polar surface area (TPSA) is 105 Å². The van der Waals surface area contributed by atoms with Gasteiger partial charge >= 0.3 is 6.03 Å². The van der Waals surface area contributed by atoms with Gasteiger partial charge in [0.1, 0.15) is 17.9 Å². The van der Waals surface area contributed by atoms with Crippen LogP contribution in [0.5, 0.6) is 17.2 Å². The van der Waals surface area contributed by atoms with Crippen molar-refractivity contribution >= 4 is 41.2 Å². The highest BCUT2D eigenvalue weighted by molar-refractivity contribution is 6.39. The summed E-state index contributed by atoms with van der Waals surface area (Å²) in [4.78, 5) is 38.5. The van der Waals surface area contributed by atoms with Gasteiger partial charge in [0, 0.05) is 10.6 Å². The molecule has 0 aliphatic carbocycles.